The number of nitrogens with zero attached hydrogens (tertiary/aromatic N) is 3. The van der Waals surface area contributed by atoms with Crippen molar-refractivity contribution in [2.24, 2.45) is 11.0 Å². The number of aromatic nitrogens is 2. The SMILES string of the molecule is C[C@@H]1CCC/C(=N/NC(=O)c2cc(-c3ccccn3)nc3ccccc23)C1. The van der Waals surface area contributed by atoms with Crippen molar-refractivity contribution in [2.45, 2.75) is 32.6 Å². The third-order valence-corrected chi connectivity index (χ3v) is 4.95. The molecule has 0 unspecified atom stereocenters. The van der Waals surface area contributed by atoms with Gasteiger partial charge in [0.1, 0.15) is 0 Å². The maximum Gasteiger partial charge on any atom is 0.272 e. The first kappa shape index (κ1) is 17.3. The van der Waals surface area contributed by atoms with E-state index in [-0.39, 0.29) is 5.91 Å². The third kappa shape index (κ3) is 3.87. The fourth-order valence-corrected chi connectivity index (χ4v) is 3.56. The highest BCUT2D eigenvalue weighted by molar-refractivity contribution is 6.07. The number of para-hydroxylation sites is 1. The molecule has 0 saturated heterocycles. The Morgan fingerprint density at radius 2 is 2.00 bits per heavy atom. The van der Waals surface area contributed by atoms with E-state index in [9.17, 15) is 4.79 Å². The minimum absolute atomic E-state index is 0.212. The summed E-state index contributed by atoms with van der Waals surface area (Å²) >= 11 is 0. The molecule has 5 nitrogen and oxygen atoms in total. The predicted octanol–water partition coefficient (Wildman–Crippen LogP) is 4.59. The average Bonchev–Trinajstić information content (AvgIpc) is 2.72. The summed E-state index contributed by atoms with van der Waals surface area (Å²) in [6.07, 6.45) is 6.01. The van der Waals surface area contributed by atoms with Crippen molar-refractivity contribution in [1.29, 1.82) is 0 Å². The minimum atomic E-state index is -0.212. The molecular weight excluding hydrogens is 336 g/mol. The molecular formula is C22H22N4O. The van der Waals surface area contributed by atoms with Gasteiger partial charge >= 0.3 is 0 Å². The van der Waals surface area contributed by atoms with Crippen molar-refractivity contribution in [2.75, 3.05) is 0 Å². The number of carbonyl (C=O) groups excluding carboxylic acids is 1. The summed E-state index contributed by atoms with van der Waals surface area (Å²) in [6, 6.07) is 15.1. The molecule has 0 bridgehead atoms. The van der Waals surface area contributed by atoms with E-state index >= 15 is 0 Å². The molecule has 4 rings (SSSR count). The summed E-state index contributed by atoms with van der Waals surface area (Å²) < 4.78 is 0. The molecule has 1 N–H and O–H groups in total. The van der Waals surface area contributed by atoms with Gasteiger partial charge in [0.2, 0.25) is 0 Å². The summed E-state index contributed by atoms with van der Waals surface area (Å²) in [5.74, 6) is 0.420. The van der Waals surface area contributed by atoms with Gasteiger partial charge in [0.15, 0.2) is 0 Å². The lowest BCUT2D eigenvalue weighted by atomic mass is 9.89. The van der Waals surface area contributed by atoms with Crippen LogP contribution in [-0.2, 0) is 0 Å². The van der Waals surface area contributed by atoms with E-state index in [0.717, 1.165) is 41.6 Å². The first-order valence-electron chi connectivity index (χ1n) is 9.37. The Morgan fingerprint density at radius 1 is 1.15 bits per heavy atom. The quantitative estimate of drug-likeness (QED) is 0.696. The van der Waals surface area contributed by atoms with Crippen LogP contribution in [0.4, 0.5) is 0 Å². The first-order valence-corrected chi connectivity index (χ1v) is 9.37. The molecule has 1 aliphatic rings. The Kier molecular flexibility index (Phi) is 4.92. The molecule has 1 fully saturated rings. The monoisotopic (exact) mass is 358 g/mol. The second-order valence-corrected chi connectivity index (χ2v) is 7.11. The van der Waals surface area contributed by atoms with Crippen molar-refractivity contribution >= 4 is 22.5 Å². The van der Waals surface area contributed by atoms with E-state index in [1.165, 1.54) is 6.42 Å². The minimum Gasteiger partial charge on any atom is -0.267 e. The van der Waals surface area contributed by atoms with Crippen LogP contribution in [0.3, 0.4) is 0 Å². The number of pyridine rings is 2. The van der Waals surface area contributed by atoms with Gasteiger partial charge in [-0.05, 0) is 55.9 Å². The van der Waals surface area contributed by atoms with Gasteiger partial charge in [-0.2, -0.15) is 5.10 Å². The van der Waals surface area contributed by atoms with E-state index in [1.807, 2.05) is 42.5 Å². The van der Waals surface area contributed by atoms with Crippen molar-refractivity contribution in [3.05, 3.63) is 60.3 Å². The second kappa shape index (κ2) is 7.66. The highest BCUT2D eigenvalue weighted by atomic mass is 16.2. The fraction of sp³-hybridized carbons (Fsp3) is 0.273. The topological polar surface area (TPSA) is 67.2 Å². The Morgan fingerprint density at radius 3 is 2.81 bits per heavy atom. The number of fused-ring (bicyclic) bond motifs is 1. The highest BCUT2D eigenvalue weighted by Gasteiger charge is 2.16. The summed E-state index contributed by atoms with van der Waals surface area (Å²) in [5.41, 5.74) is 6.59. The van der Waals surface area contributed by atoms with Crippen LogP contribution >= 0.6 is 0 Å². The van der Waals surface area contributed by atoms with Crippen LogP contribution in [0, 0.1) is 5.92 Å². The third-order valence-electron chi connectivity index (χ3n) is 4.95. The Bertz CT molecular complexity index is 998. The van der Waals surface area contributed by atoms with Gasteiger partial charge in [-0.1, -0.05) is 31.2 Å². The van der Waals surface area contributed by atoms with E-state index < -0.39 is 0 Å². The van der Waals surface area contributed by atoms with Gasteiger partial charge in [-0.15, -0.1) is 0 Å². The summed E-state index contributed by atoms with van der Waals surface area (Å²) in [6.45, 7) is 2.23. The lowest BCUT2D eigenvalue weighted by molar-refractivity contribution is 0.0956. The van der Waals surface area contributed by atoms with Crippen molar-refractivity contribution in [1.82, 2.24) is 15.4 Å². The van der Waals surface area contributed by atoms with E-state index in [1.54, 1.807) is 12.3 Å². The second-order valence-electron chi connectivity index (χ2n) is 7.11. The molecule has 0 aliphatic heterocycles. The zero-order chi connectivity index (χ0) is 18.6. The van der Waals surface area contributed by atoms with Crippen molar-refractivity contribution in [3.8, 4) is 11.4 Å². The van der Waals surface area contributed by atoms with Gasteiger partial charge < -0.3 is 0 Å². The predicted molar refractivity (Wildman–Crippen MR) is 108 cm³/mol. The Hall–Kier alpha value is -3.08. The van der Waals surface area contributed by atoms with Crippen LogP contribution in [0.5, 0.6) is 0 Å². The van der Waals surface area contributed by atoms with Crippen LogP contribution in [-0.4, -0.2) is 21.6 Å². The molecule has 0 radical (unpaired) electrons. The van der Waals surface area contributed by atoms with Crippen LogP contribution < -0.4 is 5.43 Å². The largest absolute Gasteiger partial charge is 0.272 e. The van der Waals surface area contributed by atoms with Crippen molar-refractivity contribution in [3.63, 3.8) is 0 Å². The molecule has 0 spiro atoms. The number of amides is 1. The average molecular weight is 358 g/mol. The van der Waals surface area contributed by atoms with Gasteiger partial charge in [0.25, 0.3) is 5.91 Å². The number of carbonyl (C=O) groups is 1. The maximum atomic E-state index is 12.9. The van der Waals surface area contributed by atoms with E-state index in [4.69, 9.17) is 0 Å². The molecule has 1 atom stereocenters. The lowest BCUT2D eigenvalue weighted by Gasteiger charge is -2.19. The molecule has 3 aromatic rings. The van der Waals surface area contributed by atoms with Crippen LogP contribution in [0.25, 0.3) is 22.3 Å². The van der Waals surface area contributed by atoms with Crippen LogP contribution in [0.2, 0.25) is 0 Å². The van der Waals surface area contributed by atoms with Crippen LogP contribution in [0.15, 0.2) is 59.8 Å². The number of benzene rings is 1. The van der Waals surface area contributed by atoms with E-state index in [0.29, 0.717) is 17.2 Å². The number of rotatable bonds is 3. The van der Waals surface area contributed by atoms with Crippen molar-refractivity contribution < 1.29 is 4.79 Å². The fourth-order valence-electron chi connectivity index (χ4n) is 3.56. The molecule has 27 heavy (non-hydrogen) atoms. The summed E-state index contributed by atoms with van der Waals surface area (Å²) in [4.78, 5) is 21.9. The number of hydrogen-bond acceptors (Lipinski definition) is 4. The Balaban J connectivity index is 1.69. The van der Waals surface area contributed by atoms with Gasteiger partial charge in [-0.25, -0.2) is 10.4 Å². The molecule has 5 heteroatoms. The molecule has 2 aromatic heterocycles. The molecule has 1 aliphatic carbocycles. The smallest absolute Gasteiger partial charge is 0.267 e. The number of nitrogens with one attached hydrogen (secondary N) is 1. The van der Waals surface area contributed by atoms with E-state index in [2.05, 4.69) is 27.4 Å². The molecule has 1 amide bonds. The van der Waals surface area contributed by atoms with Gasteiger partial charge in [-0.3, -0.25) is 9.78 Å². The zero-order valence-electron chi connectivity index (χ0n) is 15.4. The number of hydrazone groups is 1. The summed E-state index contributed by atoms with van der Waals surface area (Å²) in [7, 11) is 0. The highest BCUT2D eigenvalue weighted by Crippen LogP contribution is 2.24. The Labute approximate surface area is 158 Å². The van der Waals surface area contributed by atoms with Gasteiger partial charge in [0.05, 0.1) is 22.5 Å². The standard InChI is InChI=1S/C22H22N4O/c1-15-7-6-8-16(13-15)25-26-22(27)18-14-21(20-11-4-5-12-23-20)24-19-10-3-2-9-17(18)19/h2-5,9-12,14-15H,6-8,13H2,1H3,(H,26,27)/b25-16-/t15-/m1/s1. The number of hydrogen-bond donors (Lipinski definition) is 1. The van der Waals surface area contributed by atoms with Crippen LogP contribution in [0.1, 0.15) is 43.0 Å². The molecule has 136 valence electrons. The molecule has 1 aromatic carbocycles. The summed E-state index contributed by atoms with van der Waals surface area (Å²) in [5, 5.41) is 5.21. The normalized spacial score (nSPS) is 18.6. The first-order chi connectivity index (χ1) is 13.2. The zero-order valence-corrected chi connectivity index (χ0v) is 15.4. The maximum absolute atomic E-state index is 12.9. The molecule has 1 saturated carbocycles. The lowest BCUT2D eigenvalue weighted by Crippen LogP contribution is -2.22. The van der Waals surface area contributed by atoms with Gasteiger partial charge in [0, 0.05) is 17.3 Å². The molecule has 2 heterocycles.